The summed E-state index contributed by atoms with van der Waals surface area (Å²) < 4.78 is 22.6. The summed E-state index contributed by atoms with van der Waals surface area (Å²) in [6.07, 6.45) is 3.01. The number of anilines is 1. The van der Waals surface area contributed by atoms with Crippen LogP contribution in [0.15, 0.2) is 35.8 Å². The highest BCUT2D eigenvalue weighted by atomic mass is 32.2. The lowest BCUT2D eigenvalue weighted by atomic mass is 10.1. The van der Waals surface area contributed by atoms with Crippen molar-refractivity contribution < 1.29 is 13.2 Å². The Balaban J connectivity index is 1.45. The zero-order valence-corrected chi connectivity index (χ0v) is 16.2. The monoisotopic (exact) mass is 394 g/mol. The highest BCUT2D eigenvalue weighted by Crippen LogP contribution is 2.18. The number of amides is 2. The predicted octanol–water partition coefficient (Wildman–Crippen LogP) is 1.72. The summed E-state index contributed by atoms with van der Waals surface area (Å²) in [4.78, 5) is 20.6. The Bertz CT molecular complexity index is 827. The number of thiazole rings is 1. The molecule has 1 aromatic heterocycles. The summed E-state index contributed by atoms with van der Waals surface area (Å²) in [7, 11) is -3.04. The predicted molar refractivity (Wildman–Crippen MR) is 103 cm³/mol. The van der Waals surface area contributed by atoms with Gasteiger partial charge in [0.2, 0.25) is 0 Å². The van der Waals surface area contributed by atoms with Gasteiger partial charge in [-0.25, -0.2) is 18.2 Å². The molecule has 26 heavy (non-hydrogen) atoms. The number of rotatable bonds is 5. The Morgan fingerprint density at radius 2 is 1.81 bits per heavy atom. The minimum absolute atomic E-state index is 0.0308. The summed E-state index contributed by atoms with van der Waals surface area (Å²) in [5.74, 6) is 0.0308. The standard InChI is InChI=1S/C17H22N4O3S2/c1-26(23,24)13-15-4-2-14(3-5-15)12-19-16(22)20-7-9-21(10-8-20)17-18-6-11-25-17/h2-6,11H,7-10,12-13H2,1H3,(H,19,22). The first kappa shape index (κ1) is 18.7. The molecule has 0 spiro atoms. The van der Waals surface area contributed by atoms with E-state index in [1.165, 1.54) is 6.26 Å². The van der Waals surface area contributed by atoms with Gasteiger partial charge in [0.15, 0.2) is 15.0 Å². The Hall–Kier alpha value is -2.13. The van der Waals surface area contributed by atoms with Crippen molar-refractivity contribution in [2.75, 3.05) is 37.3 Å². The van der Waals surface area contributed by atoms with Crippen LogP contribution in [-0.2, 0) is 22.1 Å². The number of carbonyl (C=O) groups excluding carboxylic acids is 1. The highest BCUT2D eigenvalue weighted by Gasteiger charge is 2.22. The van der Waals surface area contributed by atoms with Gasteiger partial charge < -0.3 is 15.1 Å². The molecule has 1 fully saturated rings. The minimum atomic E-state index is -3.04. The van der Waals surface area contributed by atoms with Crippen LogP contribution in [0.5, 0.6) is 0 Å². The largest absolute Gasteiger partial charge is 0.345 e. The van der Waals surface area contributed by atoms with Crippen LogP contribution >= 0.6 is 11.3 Å². The molecule has 3 rings (SSSR count). The van der Waals surface area contributed by atoms with Crippen molar-refractivity contribution in [1.29, 1.82) is 0 Å². The summed E-state index contributed by atoms with van der Waals surface area (Å²) in [5, 5.41) is 5.88. The molecule has 0 radical (unpaired) electrons. The van der Waals surface area contributed by atoms with Gasteiger partial charge >= 0.3 is 6.03 Å². The van der Waals surface area contributed by atoms with E-state index in [9.17, 15) is 13.2 Å². The number of hydrogen-bond acceptors (Lipinski definition) is 6. The van der Waals surface area contributed by atoms with Gasteiger partial charge in [0.05, 0.1) is 5.75 Å². The summed E-state index contributed by atoms with van der Waals surface area (Å²) in [6, 6.07) is 7.19. The van der Waals surface area contributed by atoms with E-state index in [1.807, 2.05) is 22.4 Å². The second-order valence-corrected chi connectivity index (χ2v) is 9.35. The number of nitrogens with zero attached hydrogens (tertiary/aromatic N) is 3. The Kier molecular flexibility index (Phi) is 5.77. The fourth-order valence-corrected chi connectivity index (χ4v) is 4.31. The van der Waals surface area contributed by atoms with Gasteiger partial charge in [-0.05, 0) is 11.1 Å². The van der Waals surface area contributed by atoms with Gasteiger partial charge in [0.1, 0.15) is 0 Å². The van der Waals surface area contributed by atoms with Gasteiger partial charge in [-0.3, -0.25) is 0 Å². The van der Waals surface area contributed by atoms with E-state index in [0.29, 0.717) is 19.6 Å². The highest BCUT2D eigenvalue weighted by molar-refractivity contribution is 7.89. The number of urea groups is 1. The average molecular weight is 395 g/mol. The lowest BCUT2D eigenvalue weighted by Gasteiger charge is -2.34. The number of sulfone groups is 1. The first-order chi connectivity index (χ1) is 12.4. The zero-order chi connectivity index (χ0) is 18.6. The Labute approximate surface area is 157 Å². The van der Waals surface area contributed by atoms with Crippen LogP contribution in [0.25, 0.3) is 0 Å². The molecule has 2 heterocycles. The molecule has 1 N–H and O–H groups in total. The van der Waals surface area contributed by atoms with E-state index in [1.54, 1.807) is 29.7 Å². The molecule has 0 aliphatic carbocycles. The third-order valence-corrected chi connectivity index (χ3v) is 5.84. The van der Waals surface area contributed by atoms with Crippen LogP contribution in [0.3, 0.4) is 0 Å². The molecule has 2 amide bonds. The third-order valence-electron chi connectivity index (χ3n) is 4.15. The second kappa shape index (κ2) is 8.05. The fourth-order valence-electron chi connectivity index (χ4n) is 2.82. The van der Waals surface area contributed by atoms with Crippen LogP contribution in [-0.4, -0.2) is 56.8 Å². The van der Waals surface area contributed by atoms with Crippen molar-refractivity contribution in [2.24, 2.45) is 0 Å². The first-order valence-electron chi connectivity index (χ1n) is 8.33. The quantitative estimate of drug-likeness (QED) is 0.835. The van der Waals surface area contributed by atoms with Crippen molar-refractivity contribution >= 4 is 32.3 Å². The van der Waals surface area contributed by atoms with Crippen molar-refractivity contribution in [2.45, 2.75) is 12.3 Å². The molecule has 0 saturated carbocycles. The van der Waals surface area contributed by atoms with E-state index in [4.69, 9.17) is 0 Å². The maximum absolute atomic E-state index is 12.3. The molecule has 0 unspecified atom stereocenters. The van der Waals surface area contributed by atoms with E-state index in [0.717, 1.165) is 29.3 Å². The summed E-state index contributed by atoms with van der Waals surface area (Å²) in [5.41, 5.74) is 1.69. The molecule has 9 heteroatoms. The van der Waals surface area contributed by atoms with Gasteiger partial charge in [0.25, 0.3) is 0 Å². The first-order valence-corrected chi connectivity index (χ1v) is 11.3. The SMILES string of the molecule is CS(=O)(=O)Cc1ccc(CNC(=O)N2CCN(c3nccs3)CC2)cc1. The molecule has 140 valence electrons. The molecule has 0 bridgehead atoms. The Morgan fingerprint density at radius 1 is 1.15 bits per heavy atom. The number of aromatic nitrogens is 1. The molecule has 1 saturated heterocycles. The van der Waals surface area contributed by atoms with Crippen molar-refractivity contribution in [3.63, 3.8) is 0 Å². The lowest BCUT2D eigenvalue weighted by Crippen LogP contribution is -2.51. The number of carbonyl (C=O) groups is 1. The third kappa shape index (κ3) is 5.18. The van der Waals surface area contributed by atoms with Crippen LogP contribution in [0, 0.1) is 0 Å². The van der Waals surface area contributed by atoms with Gasteiger partial charge in [-0.1, -0.05) is 24.3 Å². The Morgan fingerprint density at radius 3 is 2.38 bits per heavy atom. The number of piperazine rings is 1. The molecule has 1 aromatic carbocycles. The smallest absolute Gasteiger partial charge is 0.317 e. The van der Waals surface area contributed by atoms with E-state index >= 15 is 0 Å². The summed E-state index contributed by atoms with van der Waals surface area (Å²) in [6.45, 7) is 3.31. The van der Waals surface area contributed by atoms with Gasteiger partial charge in [0, 0.05) is 50.6 Å². The molecular formula is C17H22N4O3S2. The normalized spacial score (nSPS) is 15.1. The topological polar surface area (TPSA) is 82.6 Å². The molecule has 2 aromatic rings. The van der Waals surface area contributed by atoms with E-state index in [-0.39, 0.29) is 11.8 Å². The molecule has 0 atom stereocenters. The van der Waals surface area contributed by atoms with Crippen LogP contribution < -0.4 is 10.2 Å². The van der Waals surface area contributed by atoms with Crippen LogP contribution in [0.4, 0.5) is 9.93 Å². The average Bonchev–Trinajstić information content (AvgIpc) is 3.14. The van der Waals surface area contributed by atoms with Crippen molar-refractivity contribution in [3.05, 3.63) is 47.0 Å². The lowest BCUT2D eigenvalue weighted by molar-refractivity contribution is 0.194. The molecular weight excluding hydrogens is 372 g/mol. The molecule has 1 aliphatic heterocycles. The fraction of sp³-hybridized carbons (Fsp3) is 0.412. The molecule has 1 aliphatic rings. The van der Waals surface area contributed by atoms with E-state index < -0.39 is 9.84 Å². The van der Waals surface area contributed by atoms with Crippen molar-refractivity contribution in [1.82, 2.24) is 15.2 Å². The second-order valence-electron chi connectivity index (χ2n) is 6.33. The number of hydrogen-bond donors (Lipinski definition) is 1. The van der Waals surface area contributed by atoms with Crippen molar-refractivity contribution in [3.8, 4) is 0 Å². The minimum Gasteiger partial charge on any atom is -0.345 e. The maximum atomic E-state index is 12.3. The zero-order valence-electron chi connectivity index (χ0n) is 14.6. The van der Waals surface area contributed by atoms with Gasteiger partial charge in [-0.15, -0.1) is 11.3 Å². The summed E-state index contributed by atoms with van der Waals surface area (Å²) >= 11 is 1.61. The van der Waals surface area contributed by atoms with Gasteiger partial charge in [-0.2, -0.15) is 0 Å². The molecule has 7 nitrogen and oxygen atoms in total. The maximum Gasteiger partial charge on any atom is 0.317 e. The van der Waals surface area contributed by atoms with Crippen LogP contribution in [0.2, 0.25) is 0 Å². The number of benzene rings is 1. The van der Waals surface area contributed by atoms with Crippen LogP contribution in [0.1, 0.15) is 11.1 Å². The number of nitrogens with one attached hydrogen (secondary N) is 1. The van der Waals surface area contributed by atoms with E-state index in [2.05, 4.69) is 15.2 Å².